The monoisotopic (exact) mass is 488 g/mol. The van der Waals surface area contributed by atoms with Crippen LogP contribution in [0.5, 0.6) is 0 Å². The van der Waals surface area contributed by atoms with Crippen molar-refractivity contribution in [2.45, 2.75) is 45.8 Å². The standard InChI is InChI=1S/C26H28N6O2S/c1-18-12-14-19(15-13-18)24-28-30-31(29-24)17-22(33)32(20-9-6-5-7-10-20)23(21-11-8-16-35-21)25(34)27-26(2,3)4/h5-16,23H,17H2,1-4H3,(H,27,34). The second-order valence-electron chi connectivity index (χ2n) is 9.27. The fraction of sp³-hybridized carbons (Fsp3) is 0.269. The highest BCUT2D eigenvalue weighted by molar-refractivity contribution is 7.10. The summed E-state index contributed by atoms with van der Waals surface area (Å²) in [7, 11) is 0. The minimum atomic E-state index is -0.843. The quantitative estimate of drug-likeness (QED) is 0.416. The summed E-state index contributed by atoms with van der Waals surface area (Å²) in [6.07, 6.45) is 0. The fourth-order valence-electron chi connectivity index (χ4n) is 3.61. The molecule has 1 atom stereocenters. The number of aromatic nitrogens is 4. The van der Waals surface area contributed by atoms with Gasteiger partial charge in [0.1, 0.15) is 12.6 Å². The van der Waals surface area contributed by atoms with E-state index in [0.717, 1.165) is 16.0 Å². The Morgan fingerprint density at radius 3 is 2.37 bits per heavy atom. The molecule has 2 amide bonds. The second-order valence-corrected chi connectivity index (χ2v) is 10.2. The molecule has 0 aliphatic rings. The molecule has 180 valence electrons. The van der Waals surface area contributed by atoms with E-state index in [1.54, 1.807) is 0 Å². The maximum atomic E-state index is 13.7. The van der Waals surface area contributed by atoms with E-state index in [9.17, 15) is 9.59 Å². The van der Waals surface area contributed by atoms with Gasteiger partial charge in [-0.25, -0.2) is 0 Å². The molecule has 0 spiro atoms. The van der Waals surface area contributed by atoms with Gasteiger partial charge in [0.25, 0.3) is 5.91 Å². The number of tetrazole rings is 1. The Bertz CT molecular complexity index is 1280. The number of carbonyl (C=O) groups is 2. The lowest BCUT2D eigenvalue weighted by atomic mass is 10.1. The van der Waals surface area contributed by atoms with Gasteiger partial charge in [-0.1, -0.05) is 54.1 Å². The van der Waals surface area contributed by atoms with Gasteiger partial charge in [0, 0.05) is 21.7 Å². The summed E-state index contributed by atoms with van der Waals surface area (Å²) in [5.41, 5.74) is 2.09. The number of hydrogen-bond acceptors (Lipinski definition) is 6. The van der Waals surface area contributed by atoms with E-state index in [0.29, 0.717) is 11.5 Å². The van der Waals surface area contributed by atoms with E-state index in [4.69, 9.17) is 0 Å². The van der Waals surface area contributed by atoms with Crippen molar-refractivity contribution in [2.75, 3.05) is 4.90 Å². The van der Waals surface area contributed by atoms with Crippen LogP contribution in [-0.2, 0) is 16.1 Å². The molecule has 0 saturated heterocycles. The summed E-state index contributed by atoms with van der Waals surface area (Å²) in [4.78, 5) is 30.8. The summed E-state index contributed by atoms with van der Waals surface area (Å²) >= 11 is 1.43. The predicted octanol–water partition coefficient (Wildman–Crippen LogP) is 4.40. The van der Waals surface area contributed by atoms with Crippen LogP contribution in [0, 0.1) is 6.92 Å². The molecule has 4 rings (SSSR count). The van der Waals surface area contributed by atoms with E-state index in [-0.39, 0.29) is 18.4 Å². The minimum absolute atomic E-state index is 0.168. The normalized spacial score (nSPS) is 12.2. The first kappa shape index (κ1) is 24.3. The van der Waals surface area contributed by atoms with Crippen molar-refractivity contribution < 1.29 is 9.59 Å². The van der Waals surface area contributed by atoms with Gasteiger partial charge in [-0.05, 0) is 56.5 Å². The van der Waals surface area contributed by atoms with E-state index < -0.39 is 11.6 Å². The van der Waals surface area contributed by atoms with Crippen LogP contribution in [0.4, 0.5) is 5.69 Å². The maximum absolute atomic E-state index is 13.7. The molecule has 35 heavy (non-hydrogen) atoms. The van der Waals surface area contributed by atoms with Gasteiger partial charge in [-0.2, -0.15) is 4.80 Å². The van der Waals surface area contributed by atoms with Gasteiger partial charge >= 0.3 is 0 Å². The lowest BCUT2D eigenvalue weighted by molar-refractivity contribution is -0.128. The summed E-state index contributed by atoms with van der Waals surface area (Å²) in [5.74, 6) is -0.153. The van der Waals surface area contributed by atoms with Crippen LogP contribution in [0.3, 0.4) is 0 Å². The third kappa shape index (κ3) is 5.99. The first-order valence-electron chi connectivity index (χ1n) is 11.3. The zero-order chi connectivity index (χ0) is 25.0. The number of hydrogen-bond donors (Lipinski definition) is 1. The first-order chi connectivity index (χ1) is 16.7. The van der Waals surface area contributed by atoms with Crippen LogP contribution in [0.15, 0.2) is 72.1 Å². The molecule has 2 aromatic carbocycles. The molecule has 0 bridgehead atoms. The van der Waals surface area contributed by atoms with Crippen molar-refractivity contribution in [3.8, 4) is 11.4 Å². The van der Waals surface area contributed by atoms with E-state index in [1.165, 1.54) is 21.0 Å². The van der Waals surface area contributed by atoms with Gasteiger partial charge in [-0.3, -0.25) is 14.5 Å². The predicted molar refractivity (Wildman–Crippen MR) is 137 cm³/mol. The van der Waals surface area contributed by atoms with Gasteiger partial charge in [0.15, 0.2) is 0 Å². The van der Waals surface area contributed by atoms with Gasteiger partial charge in [0.2, 0.25) is 11.7 Å². The highest BCUT2D eigenvalue weighted by Crippen LogP contribution is 2.31. The number of thiophene rings is 1. The zero-order valence-electron chi connectivity index (χ0n) is 20.2. The van der Waals surface area contributed by atoms with Crippen LogP contribution in [0.1, 0.15) is 37.3 Å². The molecule has 0 aliphatic heterocycles. The summed E-state index contributed by atoms with van der Waals surface area (Å²) in [6, 6.07) is 19.8. The average molecular weight is 489 g/mol. The number of benzene rings is 2. The molecule has 2 heterocycles. The number of aryl methyl sites for hydroxylation is 1. The highest BCUT2D eigenvalue weighted by atomic mass is 32.1. The van der Waals surface area contributed by atoms with Crippen molar-refractivity contribution in [1.29, 1.82) is 0 Å². The molecule has 1 N–H and O–H groups in total. The SMILES string of the molecule is Cc1ccc(-c2nnn(CC(=O)N(c3ccccc3)C(C(=O)NC(C)(C)C)c3cccs3)n2)cc1. The number of carbonyl (C=O) groups excluding carboxylic acids is 2. The van der Waals surface area contributed by atoms with Gasteiger partial charge < -0.3 is 5.32 Å². The van der Waals surface area contributed by atoms with Crippen molar-refractivity contribution in [1.82, 2.24) is 25.5 Å². The van der Waals surface area contributed by atoms with Crippen molar-refractivity contribution in [2.24, 2.45) is 0 Å². The average Bonchev–Trinajstić information content (AvgIpc) is 3.49. The molecule has 2 aromatic heterocycles. The Hall–Kier alpha value is -3.85. The summed E-state index contributed by atoms with van der Waals surface area (Å²) in [6.45, 7) is 7.58. The number of anilines is 1. The summed E-state index contributed by atoms with van der Waals surface area (Å²) in [5, 5.41) is 17.5. The van der Waals surface area contributed by atoms with E-state index in [1.807, 2.05) is 99.8 Å². The molecule has 0 fully saturated rings. The molecule has 8 nitrogen and oxygen atoms in total. The maximum Gasteiger partial charge on any atom is 0.251 e. The molecular weight excluding hydrogens is 460 g/mol. The van der Waals surface area contributed by atoms with Gasteiger partial charge in [0.05, 0.1) is 0 Å². The first-order valence-corrected chi connectivity index (χ1v) is 12.2. The van der Waals surface area contributed by atoms with Crippen LogP contribution < -0.4 is 10.2 Å². The largest absolute Gasteiger partial charge is 0.349 e. The molecule has 9 heteroatoms. The molecule has 0 aliphatic carbocycles. The van der Waals surface area contributed by atoms with Gasteiger partial charge in [-0.15, -0.1) is 21.5 Å². The Labute approximate surface area is 208 Å². The molecule has 4 aromatic rings. The number of para-hydroxylation sites is 1. The number of amides is 2. The lowest BCUT2D eigenvalue weighted by Gasteiger charge is -2.32. The molecular formula is C26H28N6O2S. The van der Waals surface area contributed by atoms with E-state index in [2.05, 4.69) is 20.7 Å². The van der Waals surface area contributed by atoms with Crippen LogP contribution in [-0.4, -0.2) is 37.6 Å². The minimum Gasteiger partial charge on any atom is -0.349 e. The third-order valence-electron chi connectivity index (χ3n) is 5.16. The Morgan fingerprint density at radius 2 is 1.74 bits per heavy atom. The zero-order valence-corrected chi connectivity index (χ0v) is 21.0. The molecule has 0 radical (unpaired) electrons. The Kier molecular flexibility index (Phi) is 7.07. The number of nitrogens with one attached hydrogen (secondary N) is 1. The topological polar surface area (TPSA) is 93.0 Å². The van der Waals surface area contributed by atoms with Crippen molar-refractivity contribution >= 4 is 28.8 Å². The van der Waals surface area contributed by atoms with Crippen LogP contribution in [0.25, 0.3) is 11.4 Å². The molecule has 0 saturated carbocycles. The Morgan fingerprint density at radius 1 is 1.03 bits per heavy atom. The van der Waals surface area contributed by atoms with Crippen LogP contribution >= 0.6 is 11.3 Å². The van der Waals surface area contributed by atoms with Crippen molar-refractivity contribution in [3.63, 3.8) is 0 Å². The third-order valence-corrected chi connectivity index (χ3v) is 6.08. The van der Waals surface area contributed by atoms with Crippen molar-refractivity contribution in [3.05, 3.63) is 82.6 Å². The lowest BCUT2D eigenvalue weighted by Crippen LogP contribution is -2.50. The Balaban J connectivity index is 1.67. The fourth-order valence-corrected chi connectivity index (χ4v) is 4.42. The highest BCUT2D eigenvalue weighted by Gasteiger charge is 2.35. The van der Waals surface area contributed by atoms with Crippen LogP contribution in [0.2, 0.25) is 0 Å². The second kappa shape index (κ2) is 10.2. The number of nitrogens with zero attached hydrogens (tertiary/aromatic N) is 5. The molecule has 1 unspecified atom stereocenters. The summed E-state index contributed by atoms with van der Waals surface area (Å²) < 4.78 is 0. The smallest absolute Gasteiger partial charge is 0.251 e. The number of rotatable bonds is 7. The van der Waals surface area contributed by atoms with E-state index >= 15 is 0 Å².